The SMILES string of the molecule is OCc1onc(-c2ccccc2)c1-c1nnc2c3ccccc3cnn12. The van der Waals surface area contributed by atoms with Gasteiger partial charge in [-0.1, -0.05) is 59.8 Å². The van der Waals surface area contributed by atoms with Gasteiger partial charge in [0, 0.05) is 16.3 Å². The number of aliphatic hydroxyl groups is 1. The van der Waals surface area contributed by atoms with E-state index in [4.69, 9.17) is 4.52 Å². The fraction of sp³-hybridized carbons (Fsp3) is 0.0526. The molecule has 0 aliphatic carbocycles. The summed E-state index contributed by atoms with van der Waals surface area (Å²) in [7, 11) is 0. The third-order valence-corrected chi connectivity index (χ3v) is 4.33. The quantitative estimate of drug-likeness (QED) is 0.541. The number of aliphatic hydroxyl groups excluding tert-OH is 1. The lowest BCUT2D eigenvalue weighted by atomic mass is 10.1. The van der Waals surface area contributed by atoms with Crippen LogP contribution in [0, 0.1) is 0 Å². The number of nitrogens with zero attached hydrogens (tertiary/aromatic N) is 5. The molecule has 7 nitrogen and oxygen atoms in total. The maximum Gasteiger partial charge on any atom is 0.191 e. The van der Waals surface area contributed by atoms with E-state index in [9.17, 15) is 5.11 Å². The van der Waals surface area contributed by atoms with Crippen molar-refractivity contribution in [2.75, 3.05) is 0 Å². The third-order valence-electron chi connectivity index (χ3n) is 4.33. The second-order valence-corrected chi connectivity index (χ2v) is 5.84. The molecule has 0 unspecified atom stereocenters. The van der Waals surface area contributed by atoms with E-state index in [0.29, 0.717) is 28.5 Å². The molecule has 0 saturated heterocycles. The summed E-state index contributed by atoms with van der Waals surface area (Å²) in [4.78, 5) is 0. The second kappa shape index (κ2) is 5.75. The van der Waals surface area contributed by atoms with Crippen LogP contribution in [0.2, 0.25) is 0 Å². The van der Waals surface area contributed by atoms with Crippen molar-refractivity contribution in [3.8, 4) is 22.6 Å². The number of hydrogen-bond donors (Lipinski definition) is 1. The zero-order valence-electron chi connectivity index (χ0n) is 13.6. The van der Waals surface area contributed by atoms with Crippen molar-refractivity contribution in [2.45, 2.75) is 6.61 Å². The Kier molecular flexibility index (Phi) is 3.26. The fourth-order valence-corrected chi connectivity index (χ4v) is 3.10. The molecule has 0 saturated carbocycles. The Hall–Kier alpha value is -3.58. The predicted octanol–water partition coefficient (Wildman–Crippen LogP) is 3.09. The number of rotatable bonds is 3. The minimum atomic E-state index is -0.294. The Bertz CT molecular complexity index is 1230. The molecule has 5 aromatic rings. The van der Waals surface area contributed by atoms with Crippen molar-refractivity contribution in [1.29, 1.82) is 0 Å². The molecule has 0 fully saturated rings. The molecular formula is C19H13N5O2. The summed E-state index contributed by atoms with van der Waals surface area (Å²) >= 11 is 0. The summed E-state index contributed by atoms with van der Waals surface area (Å²) in [5.41, 5.74) is 2.69. The van der Waals surface area contributed by atoms with Gasteiger partial charge in [-0.2, -0.15) is 9.61 Å². The molecule has 0 bridgehead atoms. The molecule has 0 atom stereocenters. The molecule has 0 aliphatic rings. The van der Waals surface area contributed by atoms with Gasteiger partial charge in [0.25, 0.3) is 0 Å². The summed E-state index contributed by atoms with van der Waals surface area (Å²) in [6.07, 6.45) is 1.77. The van der Waals surface area contributed by atoms with Gasteiger partial charge in [0.2, 0.25) is 0 Å². The van der Waals surface area contributed by atoms with Gasteiger partial charge in [-0.05, 0) is 0 Å². The number of hydrogen-bond acceptors (Lipinski definition) is 6. The average Bonchev–Trinajstić information content (AvgIpc) is 3.32. The van der Waals surface area contributed by atoms with Crippen LogP contribution < -0.4 is 0 Å². The number of fused-ring (bicyclic) bond motifs is 3. The Morgan fingerprint density at radius 2 is 1.77 bits per heavy atom. The summed E-state index contributed by atoms with van der Waals surface area (Å²) < 4.78 is 7.00. The van der Waals surface area contributed by atoms with Crippen molar-refractivity contribution in [3.05, 3.63) is 66.6 Å². The van der Waals surface area contributed by atoms with E-state index in [1.807, 2.05) is 54.6 Å². The van der Waals surface area contributed by atoms with Gasteiger partial charge in [0.15, 0.2) is 17.2 Å². The van der Waals surface area contributed by atoms with Crippen LogP contribution in [0.25, 0.3) is 39.1 Å². The van der Waals surface area contributed by atoms with Gasteiger partial charge in [0.1, 0.15) is 12.3 Å². The third kappa shape index (κ3) is 2.11. The van der Waals surface area contributed by atoms with Crippen LogP contribution in [0.4, 0.5) is 0 Å². The maximum atomic E-state index is 9.71. The van der Waals surface area contributed by atoms with Gasteiger partial charge < -0.3 is 9.63 Å². The van der Waals surface area contributed by atoms with Gasteiger partial charge >= 0.3 is 0 Å². The molecule has 0 aliphatic heterocycles. The molecule has 2 aromatic carbocycles. The fourth-order valence-electron chi connectivity index (χ4n) is 3.10. The normalized spacial score (nSPS) is 11.4. The second-order valence-electron chi connectivity index (χ2n) is 5.84. The average molecular weight is 343 g/mol. The van der Waals surface area contributed by atoms with Crippen molar-refractivity contribution in [1.82, 2.24) is 25.0 Å². The van der Waals surface area contributed by atoms with E-state index < -0.39 is 0 Å². The lowest BCUT2D eigenvalue weighted by Crippen LogP contribution is -1.97. The molecule has 7 heteroatoms. The molecule has 0 spiro atoms. The minimum absolute atomic E-state index is 0.294. The van der Waals surface area contributed by atoms with E-state index >= 15 is 0 Å². The molecule has 0 amide bonds. The van der Waals surface area contributed by atoms with Crippen molar-refractivity contribution in [2.24, 2.45) is 0 Å². The van der Waals surface area contributed by atoms with E-state index in [-0.39, 0.29) is 6.61 Å². The molecular weight excluding hydrogens is 330 g/mol. The Morgan fingerprint density at radius 1 is 0.962 bits per heavy atom. The zero-order chi connectivity index (χ0) is 17.5. The largest absolute Gasteiger partial charge is 0.388 e. The lowest BCUT2D eigenvalue weighted by Gasteiger charge is -2.03. The highest BCUT2D eigenvalue weighted by Gasteiger charge is 2.24. The molecule has 26 heavy (non-hydrogen) atoms. The Morgan fingerprint density at radius 3 is 2.62 bits per heavy atom. The standard InChI is InChI=1S/C19H13N5O2/c25-11-15-16(17(23-26-15)12-6-2-1-3-7-12)19-22-21-18-14-9-5-4-8-13(14)10-20-24(18)19/h1-10,25H,11H2. The van der Waals surface area contributed by atoms with Crippen LogP contribution >= 0.6 is 0 Å². The minimum Gasteiger partial charge on any atom is -0.388 e. The van der Waals surface area contributed by atoms with Crippen LogP contribution in [-0.4, -0.2) is 30.1 Å². The molecule has 0 radical (unpaired) electrons. The van der Waals surface area contributed by atoms with Crippen molar-refractivity contribution >= 4 is 16.4 Å². The summed E-state index contributed by atoms with van der Waals surface area (Å²) in [5.74, 6) is 0.808. The molecule has 3 heterocycles. The first kappa shape index (κ1) is 14.7. The molecule has 3 aromatic heterocycles. The van der Waals surface area contributed by atoms with Crippen LogP contribution in [0.1, 0.15) is 5.76 Å². The van der Waals surface area contributed by atoms with Gasteiger partial charge in [0.05, 0.1) is 11.8 Å². The van der Waals surface area contributed by atoms with E-state index in [1.54, 1.807) is 10.7 Å². The van der Waals surface area contributed by atoms with Crippen molar-refractivity contribution < 1.29 is 9.63 Å². The number of aromatic nitrogens is 5. The Balaban J connectivity index is 1.81. The van der Waals surface area contributed by atoms with Gasteiger partial charge in [-0.25, -0.2) is 0 Å². The highest BCUT2D eigenvalue weighted by molar-refractivity contribution is 5.94. The first-order valence-corrected chi connectivity index (χ1v) is 8.11. The Labute approximate surface area is 147 Å². The van der Waals surface area contributed by atoms with E-state index in [0.717, 1.165) is 16.3 Å². The first-order chi connectivity index (χ1) is 12.9. The van der Waals surface area contributed by atoms with E-state index in [2.05, 4.69) is 20.5 Å². The van der Waals surface area contributed by atoms with Crippen LogP contribution in [-0.2, 0) is 6.61 Å². The summed E-state index contributed by atoms with van der Waals surface area (Å²) in [6.45, 7) is -0.294. The number of benzene rings is 2. The van der Waals surface area contributed by atoms with Gasteiger partial charge in [-0.15, -0.1) is 10.2 Å². The van der Waals surface area contributed by atoms with Crippen LogP contribution in [0.3, 0.4) is 0 Å². The topological polar surface area (TPSA) is 89.3 Å². The maximum absolute atomic E-state index is 9.71. The van der Waals surface area contributed by atoms with Crippen LogP contribution in [0.5, 0.6) is 0 Å². The molecule has 5 rings (SSSR count). The highest BCUT2D eigenvalue weighted by Crippen LogP contribution is 2.34. The predicted molar refractivity (Wildman–Crippen MR) is 95.1 cm³/mol. The van der Waals surface area contributed by atoms with Crippen molar-refractivity contribution in [3.63, 3.8) is 0 Å². The van der Waals surface area contributed by atoms with Gasteiger partial charge in [-0.3, -0.25) is 0 Å². The van der Waals surface area contributed by atoms with Crippen LogP contribution in [0.15, 0.2) is 65.3 Å². The smallest absolute Gasteiger partial charge is 0.191 e. The zero-order valence-corrected chi connectivity index (χ0v) is 13.6. The molecule has 1 N–H and O–H groups in total. The monoisotopic (exact) mass is 343 g/mol. The van der Waals surface area contributed by atoms with E-state index in [1.165, 1.54) is 0 Å². The highest BCUT2D eigenvalue weighted by atomic mass is 16.5. The lowest BCUT2D eigenvalue weighted by molar-refractivity contribution is 0.230. The summed E-state index contributed by atoms with van der Waals surface area (Å²) in [5, 5.41) is 28.9. The molecule has 126 valence electrons. The summed E-state index contributed by atoms with van der Waals surface area (Å²) in [6, 6.07) is 17.5. The first-order valence-electron chi connectivity index (χ1n) is 8.11.